The molecule has 0 bridgehead atoms. The Morgan fingerprint density at radius 2 is 0.818 bits per heavy atom. The Balaban J connectivity index is 4.25. The lowest BCUT2D eigenvalue weighted by atomic mass is 10.0. The van der Waals surface area contributed by atoms with Crippen LogP contribution in [0.1, 0.15) is 226 Å². The summed E-state index contributed by atoms with van der Waals surface area (Å²) in [5, 5.41) is 0. The molecule has 0 rings (SSSR count). The van der Waals surface area contributed by atoms with Crippen LogP contribution in [0, 0.1) is 0 Å². The number of unbranched alkanes of at least 4 members (excludes halogenated alkanes) is 29. The van der Waals surface area contributed by atoms with E-state index in [2.05, 4.69) is 13.8 Å². The quantitative estimate of drug-likeness (QED) is 0.0281. The number of quaternary nitrogens is 1. The predicted molar refractivity (Wildman–Crippen MR) is 229 cm³/mol. The van der Waals surface area contributed by atoms with Gasteiger partial charge in [0.1, 0.15) is 19.8 Å². The zero-order valence-electron chi connectivity index (χ0n) is 36.9. The SMILES string of the molecule is CCCCCCCCCCCCCCCCCCCCC(=O)OC[C@@H](COP(=O)(O)OCC[N+](C)(C)C)OC(=O)CCCCCCCCCCCCCCC. The van der Waals surface area contributed by atoms with E-state index in [1.165, 1.54) is 161 Å². The number of hydrogen-bond acceptors (Lipinski definition) is 7. The van der Waals surface area contributed by atoms with Crippen molar-refractivity contribution >= 4 is 19.8 Å². The second kappa shape index (κ2) is 38.5. The summed E-state index contributed by atoms with van der Waals surface area (Å²) < 4.78 is 34.3. The predicted octanol–water partition coefficient (Wildman–Crippen LogP) is 13.2. The molecule has 55 heavy (non-hydrogen) atoms. The molecule has 328 valence electrons. The van der Waals surface area contributed by atoms with Gasteiger partial charge in [0.05, 0.1) is 27.7 Å². The van der Waals surface area contributed by atoms with Crippen molar-refractivity contribution in [1.29, 1.82) is 0 Å². The first-order valence-corrected chi connectivity index (χ1v) is 24.8. The number of nitrogens with zero attached hydrogens (tertiary/aromatic N) is 1. The molecule has 0 aliphatic rings. The number of likely N-dealkylation sites (N-methyl/N-ethyl adjacent to an activating group) is 1. The Morgan fingerprint density at radius 3 is 1.16 bits per heavy atom. The third-order valence-corrected chi connectivity index (χ3v) is 11.4. The van der Waals surface area contributed by atoms with Crippen LogP contribution in [-0.2, 0) is 32.7 Å². The summed E-state index contributed by atoms with van der Waals surface area (Å²) >= 11 is 0. The van der Waals surface area contributed by atoms with Crippen LogP contribution >= 0.6 is 7.82 Å². The number of esters is 2. The topological polar surface area (TPSA) is 108 Å². The molecular weight excluding hydrogens is 713 g/mol. The third kappa shape index (κ3) is 42.4. The van der Waals surface area contributed by atoms with Gasteiger partial charge in [-0.3, -0.25) is 18.6 Å². The lowest BCUT2D eigenvalue weighted by Gasteiger charge is -2.24. The highest BCUT2D eigenvalue weighted by atomic mass is 31.2. The number of ether oxygens (including phenoxy) is 2. The number of carbonyl (C=O) groups is 2. The first kappa shape index (κ1) is 54.0. The molecule has 0 aromatic heterocycles. The minimum atomic E-state index is -4.37. The second-order valence-corrected chi connectivity index (χ2v) is 18.6. The second-order valence-electron chi connectivity index (χ2n) is 17.2. The Hall–Kier alpha value is -0.990. The van der Waals surface area contributed by atoms with Gasteiger partial charge in [-0.15, -0.1) is 0 Å². The molecule has 0 aromatic carbocycles. The monoisotopic (exact) mass is 805 g/mol. The maximum absolute atomic E-state index is 12.7. The minimum Gasteiger partial charge on any atom is -0.462 e. The molecule has 0 aromatic rings. The fourth-order valence-corrected chi connectivity index (χ4v) is 7.46. The molecule has 0 saturated heterocycles. The molecule has 1 unspecified atom stereocenters. The average Bonchev–Trinajstić information content (AvgIpc) is 3.13. The molecule has 0 fully saturated rings. The average molecular weight is 805 g/mol. The number of carbonyl (C=O) groups excluding carboxylic acids is 2. The van der Waals surface area contributed by atoms with Crippen molar-refractivity contribution in [2.24, 2.45) is 0 Å². The van der Waals surface area contributed by atoms with Crippen LogP contribution in [-0.4, -0.2) is 74.9 Å². The van der Waals surface area contributed by atoms with E-state index < -0.39 is 26.5 Å². The first-order chi connectivity index (χ1) is 26.5. The van der Waals surface area contributed by atoms with Gasteiger partial charge >= 0.3 is 19.8 Å². The molecule has 9 nitrogen and oxygen atoms in total. The Bertz CT molecular complexity index is 912. The van der Waals surface area contributed by atoms with Crippen LogP contribution in [0.25, 0.3) is 0 Å². The van der Waals surface area contributed by atoms with E-state index in [0.717, 1.165) is 38.5 Å². The normalized spacial score (nSPS) is 13.5. The lowest BCUT2D eigenvalue weighted by Crippen LogP contribution is -2.37. The number of hydrogen-bond donors (Lipinski definition) is 1. The summed E-state index contributed by atoms with van der Waals surface area (Å²) in [5.41, 5.74) is 0. The van der Waals surface area contributed by atoms with Crippen molar-refractivity contribution in [3.63, 3.8) is 0 Å². The Kier molecular flexibility index (Phi) is 37.8. The maximum atomic E-state index is 12.7. The standard InChI is InChI=1S/C45H90NO8P/c1-6-8-10-12-14-16-18-20-21-22-23-24-26-27-29-31-33-35-37-44(47)51-41-43(42-53-55(49,50)52-40-39-46(3,4)5)54-45(48)38-36-34-32-30-28-25-19-17-15-13-11-9-7-2/h43H,6-42H2,1-5H3/p+1/t43-/m0/s1. The number of rotatable bonds is 43. The van der Waals surface area contributed by atoms with Crippen molar-refractivity contribution in [1.82, 2.24) is 0 Å². The molecule has 0 spiro atoms. The molecule has 0 saturated carbocycles. The molecule has 0 radical (unpaired) electrons. The van der Waals surface area contributed by atoms with Gasteiger partial charge in [-0.05, 0) is 12.8 Å². The Labute approximate surface area is 340 Å². The maximum Gasteiger partial charge on any atom is 0.472 e. The summed E-state index contributed by atoms with van der Waals surface area (Å²) in [7, 11) is 1.49. The third-order valence-electron chi connectivity index (χ3n) is 10.4. The van der Waals surface area contributed by atoms with Gasteiger partial charge in [0.2, 0.25) is 0 Å². The molecule has 10 heteroatoms. The van der Waals surface area contributed by atoms with Crippen molar-refractivity contribution in [2.75, 3.05) is 47.5 Å². The van der Waals surface area contributed by atoms with Gasteiger partial charge < -0.3 is 18.9 Å². The summed E-state index contributed by atoms with van der Waals surface area (Å²) in [5.74, 6) is -0.782. The summed E-state index contributed by atoms with van der Waals surface area (Å²) in [4.78, 5) is 35.4. The van der Waals surface area contributed by atoms with Crippen LogP contribution in [0.4, 0.5) is 0 Å². The zero-order valence-corrected chi connectivity index (χ0v) is 37.8. The minimum absolute atomic E-state index is 0.0369. The smallest absolute Gasteiger partial charge is 0.462 e. The van der Waals surface area contributed by atoms with E-state index >= 15 is 0 Å². The Morgan fingerprint density at radius 1 is 0.491 bits per heavy atom. The van der Waals surface area contributed by atoms with E-state index in [4.69, 9.17) is 18.5 Å². The van der Waals surface area contributed by atoms with Crippen LogP contribution in [0.15, 0.2) is 0 Å². The molecule has 0 heterocycles. The highest BCUT2D eigenvalue weighted by Gasteiger charge is 2.27. The molecular formula is C45H91NO8P+. The lowest BCUT2D eigenvalue weighted by molar-refractivity contribution is -0.870. The number of phosphoric acid groups is 1. The van der Waals surface area contributed by atoms with Crippen LogP contribution in [0.2, 0.25) is 0 Å². The number of phosphoric ester groups is 1. The zero-order chi connectivity index (χ0) is 40.7. The van der Waals surface area contributed by atoms with Crippen molar-refractivity contribution < 1.29 is 42.1 Å². The molecule has 1 N–H and O–H groups in total. The van der Waals surface area contributed by atoms with Crippen molar-refractivity contribution in [3.05, 3.63) is 0 Å². The molecule has 0 aliphatic heterocycles. The summed E-state index contributed by atoms with van der Waals surface area (Å²) in [6, 6.07) is 0. The van der Waals surface area contributed by atoms with Gasteiger partial charge in [0.15, 0.2) is 6.10 Å². The van der Waals surface area contributed by atoms with Gasteiger partial charge in [0, 0.05) is 12.8 Å². The van der Waals surface area contributed by atoms with E-state index in [1.807, 2.05) is 21.1 Å². The molecule has 2 atom stereocenters. The highest BCUT2D eigenvalue weighted by molar-refractivity contribution is 7.47. The van der Waals surface area contributed by atoms with Crippen molar-refractivity contribution in [3.8, 4) is 0 Å². The fraction of sp³-hybridized carbons (Fsp3) is 0.956. The van der Waals surface area contributed by atoms with E-state index in [1.54, 1.807) is 0 Å². The van der Waals surface area contributed by atoms with Crippen molar-refractivity contribution in [2.45, 2.75) is 232 Å². The summed E-state index contributed by atoms with van der Waals surface area (Å²) in [6.45, 7) is 4.46. The highest BCUT2D eigenvalue weighted by Crippen LogP contribution is 2.43. The largest absolute Gasteiger partial charge is 0.472 e. The first-order valence-electron chi connectivity index (χ1n) is 23.3. The van der Waals surface area contributed by atoms with Crippen LogP contribution in [0.3, 0.4) is 0 Å². The van der Waals surface area contributed by atoms with Gasteiger partial charge in [-0.25, -0.2) is 4.57 Å². The fourth-order valence-electron chi connectivity index (χ4n) is 6.72. The summed E-state index contributed by atoms with van der Waals surface area (Å²) in [6.07, 6.45) is 38.6. The van der Waals surface area contributed by atoms with Crippen LogP contribution < -0.4 is 0 Å². The van der Waals surface area contributed by atoms with Crippen LogP contribution in [0.5, 0.6) is 0 Å². The van der Waals surface area contributed by atoms with Gasteiger partial charge in [0.25, 0.3) is 0 Å². The van der Waals surface area contributed by atoms with E-state index in [9.17, 15) is 19.0 Å². The van der Waals surface area contributed by atoms with Gasteiger partial charge in [-0.1, -0.05) is 200 Å². The molecule has 0 aliphatic carbocycles. The molecule has 0 amide bonds. The van der Waals surface area contributed by atoms with E-state index in [0.29, 0.717) is 17.4 Å². The van der Waals surface area contributed by atoms with Gasteiger partial charge in [-0.2, -0.15) is 0 Å². The van der Waals surface area contributed by atoms with E-state index in [-0.39, 0.29) is 25.6 Å².